The first kappa shape index (κ1) is 17.5. The van der Waals surface area contributed by atoms with Crippen molar-refractivity contribution in [3.8, 4) is 0 Å². The minimum absolute atomic E-state index is 0.149. The molecule has 1 aliphatic rings. The maximum Gasteiger partial charge on any atom is 0.331 e. The fourth-order valence-electron chi connectivity index (χ4n) is 3.09. The van der Waals surface area contributed by atoms with Gasteiger partial charge in [-0.2, -0.15) is 0 Å². The molecule has 0 bridgehead atoms. The SMILES string of the molecule is CCOC(=O)C(C(C)=O)N1CCN(c2cccc(C)c2C)CC1. The van der Waals surface area contributed by atoms with Gasteiger partial charge in [0.1, 0.15) is 0 Å². The summed E-state index contributed by atoms with van der Waals surface area (Å²) in [6, 6.07) is 5.55. The molecule has 1 heterocycles. The number of hydrogen-bond donors (Lipinski definition) is 0. The average Bonchev–Trinajstić information content (AvgIpc) is 2.51. The number of aryl methyl sites for hydroxylation is 1. The van der Waals surface area contributed by atoms with E-state index in [4.69, 9.17) is 4.74 Å². The summed E-state index contributed by atoms with van der Waals surface area (Å²) in [4.78, 5) is 28.1. The predicted octanol–water partition coefficient (Wildman–Crippen LogP) is 1.95. The summed E-state index contributed by atoms with van der Waals surface area (Å²) in [6.45, 7) is 10.7. The van der Waals surface area contributed by atoms with E-state index in [0.717, 1.165) is 13.1 Å². The highest BCUT2D eigenvalue weighted by molar-refractivity contribution is 6.01. The molecule has 1 unspecified atom stereocenters. The Kier molecular flexibility index (Phi) is 5.77. The zero-order valence-corrected chi connectivity index (χ0v) is 14.5. The smallest absolute Gasteiger partial charge is 0.331 e. The molecule has 5 heteroatoms. The lowest BCUT2D eigenvalue weighted by molar-refractivity contribution is -0.153. The molecule has 1 aromatic carbocycles. The summed E-state index contributed by atoms with van der Waals surface area (Å²) < 4.78 is 5.05. The Balaban J connectivity index is 2.06. The molecular weight excluding hydrogens is 292 g/mol. The molecule has 0 aromatic heterocycles. The second-order valence-corrected chi connectivity index (χ2v) is 6.01. The third kappa shape index (κ3) is 3.91. The molecule has 2 rings (SSSR count). The first-order valence-electron chi connectivity index (χ1n) is 8.18. The van der Waals surface area contributed by atoms with Crippen molar-refractivity contribution in [3.63, 3.8) is 0 Å². The van der Waals surface area contributed by atoms with Crippen molar-refractivity contribution in [1.82, 2.24) is 4.90 Å². The molecule has 0 aliphatic carbocycles. The fourth-order valence-corrected chi connectivity index (χ4v) is 3.09. The van der Waals surface area contributed by atoms with Gasteiger partial charge in [-0.1, -0.05) is 12.1 Å². The topological polar surface area (TPSA) is 49.9 Å². The van der Waals surface area contributed by atoms with Crippen molar-refractivity contribution in [2.24, 2.45) is 0 Å². The molecule has 1 atom stereocenters. The number of rotatable bonds is 5. The predicted molar refractivity (Wildman–Crippen MR) is 90.8 cm³/mol. The van der Waals surface area contributed by atoms with Crippen molar-refractivity contribution in [2.75, 3.05) is 37.7 Å². The highest BCUT2D eigenvalue weighted by atomic mass is 16.5. The van der Waals surface area contributed by atoms with E-state index in [0.29, 0.717) is 19.7 Å². The molecule has 0 amide bonds. The number of nitrogens with zero attached hydrogens (tertiary/aromatic N) is 2. The Morgan fingerprint density at radius 1 is 1.17 bits per heavy atom. The molecule has 0 spiro atoms. The summed E-state index contributed by atoms with van der Waals surface area (Å²) in [5.74, 6) is -0.580. The Hall–Kier alpha value is -1.88. The van der Waals surface area contributed by atoms with Gasteiger partial charge in [0, 0.05) is 31.9 Å². The number of benzene rings is 1. The number of piperazine rings is 1. The van der Waals surface area contributed by atoms with Gasteiger partial charge in [0.05, 0.1) is 6.61 Å². The van der Waals surface area contributed by atoms with Crippen molar-refractivity contribution < 1.29 is 14.3 Å². The fraction of sp³-hybridized carbons (Fsp3) is 0.556. The number of carbonyl (C=O) groups is 2. The summed E-state index contributed by atoms with van der Waals surface area (Å²) in [6.07, 6.45) is 0. The van der Waals surface area contributed by atoms with E-state index in [1.165, 1.54) is 23.7 Å². The molecule has 0 radical (unpaired) electrons. The second-order valence-electron chi connectivity index (χ2n) is 6.01. The minimum Gasteiger partial charge on any atom is -0.464 e. The van der Waals surface area contributed by atoms with Crippen LogP contribution < -0.4 is 4.90 Å². The molecule has 0 N–H and O–H groups in total. The lowest BCUT2D eigenvalue weighted by Gasteiger charge is -2.39. The van der Waals surface area contributed by atoms with Gasteiger partial charge in [0.2, 0.25) is 0 Å². The van der Waals surface area contributed by atoms with Crippen LogP contribution in [0.2, 0.25) is 0 Å². The van der Waals surface area contributed by atoms with E-state index in [1.807, 2.05) is 4.90 Å². The van der Waals surface area contributed by atoms with E-state index in [-0.39, 0.29) is 5.78 Å². The molecule has 23 heavy (non-hydrogen) atoms. The Morgan fingerprint density at radius 2 is 1.83 bits per heavy atom. The molecule has 1 saturated heterocycles. The van der Waals surface area contributed by atoms with Gasteiger partial charge in [-0.15, -0.1) is 0 Å². The van der Waals surface area contributed by atoms with E-state index >= 15 is 0 Å². The highest BCUT2D eigenvalue weighted by Crippen LogP contribution is 2.24. The number of hydrogen-bond acceptors (Lipinski definition) is 5. The zero-order valence-electron chi connectivity index (χ0n) is 14.5. The van der Waals surface area contributed by atoms with Crippen LogP contribution in [0.3, 0.4) is 0 Å². The van der Waals surface area contributed by atoms with Crippen LogP contribution >= 0.6 is 0 Å². The maximum atomic E-state index is 12.0. The third-order valence-corrected chi connectivity index (χ3v) is 4.49. The lowest BCUT2D eigenvalue weighted by atomic mass is 10.1. The van der Waals surface area contributed by atoms with Crippen LogP contribution in [-0.4, -0.2) is 55.5 Å². The number of carbonyl (C=O) groups excluding carboxylic acids is 2. The third-order valence-electron chi connectivity index (χ3n) is 4.49. The zero-order chi connectivity index (χ0) is 17.0. The van der Waals surface area contributed by atoms with Crippen LogP contribution in [0.5, 0.6) is 0 Å². The largest absolute Gasteiger partial charge is 0.464 e. The first-order chi connectivity index (χ1) is 11.0. The highest BCUT2D eigenvalue weighted by Gasteiger charge is 2.33. The molecule has 5 nitrogen and oxygen atoms in total. The van der Waals surface area contributed by atoms with Gasteiger partial charge >= 0.3 is 5.97 Å². The summed E-state index contributed by atoms with van der Waals surface area (Å²) in [5, 5.41) is 0. The monoisotopic (exact) mass is 318 g/mol. The van der Waals surface area contributed by atoms with Crippen molar-refractivity contribution >= 4 is 17.4 Å². The summed E-state index contributed by atoms with van der Waals surface area (Å²) >= 11 is 0. The molecule has 1 fully saturated rings. The Bertz CT molecular complexity index is 578. The van der Waals surface area contributed by atoms with Gasteiger partial charge in [-0.3, -0.25) is 9.69 Å². The Morgan fingerprint density at radius 3 is 2.39 bits per heavy atom. The van der Waals surface area contributed by atoms with Crippen molar-refractivity contribution in [2.45, 2.75) is 33.7 Å². The number of Topliss-reactive ketones (excluding diaryl/α,β-unsaturated/α-hetero) is 1. The van der Waals surface area contributed by atoms with Crippen LogP contribution in [0, 0.1) is 13.8 Å². The molecule has 126 valence electrons. The van der Waals surface area contributed by atoms with Crippen LogP contribution in [-0.2, 0) is 14.3 Å². The standard InChI is InChI=1S/C18H26N2O3/c1-5-23-18(22)17(15(4)21)20-11-9-19(10-12-20)16-8-6-7-13(2)14(16)3/h6-8,17H,5,9-12H2,1-4H3. The Labute approximate surface area is 138 Å². The molecule has 0 saturated carbocycles. The first-order valence-corrected chi connectivity index (χ1v) is 8.18. The number of ether oxygens (including phenoxy) is 1. The van der Waals surface area contributed by atoms with Crippen LogP contribution in [0.1, 0.15) is 25.0 Å². The van der Waals surface area contributed by atoms with Crippen LogP contribution in [0.4, 0.5) is 5.69 Å². The normalized spacial score (nSPS) is 17.0. The number of esters is 1. The van der Waals surface area contributed by atoms with Gasteiger partial charge in [-0.25, -0.2) is 4.79 Å². The van der Waals surface area contributed by atoms with Gasteiger partial charge in [-0.05, 0) is 44.9 Å². The van der Waals surface area contributed by atoms with Crippen molar-refractivity contribution in [3.05, 3.63) is 29.3 Å². The molecule has 1 aromatic rings. The second kappa shape index (κ2) is 7.59. The maximum absolute atomic E-state index is 12.0. The van der Waals surface area contributed by atoms with E-state index in [1.54, 1.807) is 6.92 Å². The van der Waals surface area contributed by atoms with E-state index in [9.17, 15) is 9.59 Å². The lowest BCUT2D eigenvalue weighted by Crippen LogP contribution is -2.55. The van der Waals surface area contributed by atoms with Crippen LogP contribution in [0.25, 0.3) is 0 Å². The van der Waals surface area contributed by atoms with E-state index in [2.05, 4.69) is 36.9 Å². The summed E-state index contributed by atoms with van der Waals surface area (Å²) in [7, 11) is 0. The minimum atomic E-state index is -0.768. The van der Waals surface area contributed by atoms with Crippen molar-refractivity contribution in [1.29, 1.82) is 0 Å². The number of anilines is 1. The summed E-state index contributed by atoms with van der Waals surface area (Å²) in [5.41, 5.74) is 3.80. The van der Waals surface area contributed by atoms with Crippen LogP contribution in [0.15, 0.2) is 18.2 Å². The van der Waals surface area contributed by atoms with E-state index < -0.39 is 12.0 Å². The number of ketones is 1. The molecule has 1 aliphatic heterocycles. The quantitative estimate of drug-likeness (QED) is 0.613. The van der Waals surface area contributed by atoms with Gasteiger partial charge < -0.3 is 9.64 Å². The molecular formula is C18H26N2O3. The average molecular weight is 318 g/mol. The van der Waals surface area contributed by atoms with Gasteiger partial charge in [0.15, 0.2) is 11.8 Å². The van der Waals surface area contributed by atoms with Gasteiger partial charge in [0.25, 0.3) is 0 Å².